The molecule has 65 heavy (non-hydrogen) atoms. The van der Waals surface area contributed by atoms with Gasteiger partial charge < -0.3 is 14.2 Å². The average Bonchev–Trinajstić information content (AvgIpc) is 3.30. The van der Waals surface area contributed by atoms with Crippen LogP contribution >= 0.6 is 0 Å². The highest BCUT2D eigenvalue weighted by Crippen LogP contribution is 2.16. The minimum absolute atomic E-state index is 0.0857. The van der Waals surface area contributed by atoms with Crippen LogP contribution in [0.5, 0.6) is 0 Å². The number of carbonyl (C=O) groups is 3. The lowest BCUT2D eigenvalue weighted by Crippen LogP contribution is -2.30. The van der Waals surface area contributed by atoms with Gasteiger partial charge in [-0.25, -0.2) is 0 Å². The first-order valence-electron chi connectivity index (χ1n) is 28.1. The predicted octanol–water partition coefficient (Wildman–Crippen LogP) is 18.7. The number of rotatable bonds is 51. The van der Waals surface area contributed by atoms with Gasteiger partial charge in [0.25, 0.3) is 0 Å². The Bertz CT molecular complexity index is 1140. The van der Waals surface area contributed by atoms with Gasteiger partial charge in [0.05, 0.1) is 0 Å². The van der Waals surface area contributed by atoms with Crippen LogP contribution in [0.4, 0.5) is 0 Å². The minimum Gasteiger partial charge on any atom is -0.462 e. The van der Waals surface area contributed by atoms with Crippen molar-refractivity contribution >= 4 is 17.9 Å². The van der Waals surface area contributed by atoms with Gasteiger partial charge in [0.1, 0.15) is 13.2 Å². The van der Waals surface area contributed by atoms with Gasteiger partial charge in [0.2, 0.25) is 0 Å². The summed E-state index contributed by atoms with van der Waals surface area (Å²) in [6.45, 7) is 6.60. The second kappa shape index (κ2) is 54.0. The van der Waals surface area contributed by atoms with E-state index in [4.69, 9.17) is 14.2 Å². The van der Waals surface area contributed by atoms with Crippen molar-refractivity contribution in [1.29, 1.82) is 0 Å². The molecule has 1 atom stereocenters. The van der Waals surface area contributed by atoms with Gasteiger partial charge in [0, 0.05) is 19.3 Å². The molecule has 0 bridgehead atoms. The zero-order valence-electron chi connectivity index (χ0n) is 43.3. The maximum atomic E-state index is 12.8. The van der Waals surface area contributed by atoms with E-state index in [-0.39, 0.29) is 37.5 Å². The molecule has 0 saturated carbocycles. The zero-order chi connectivity index (χ0) is 47.2. The van der Waals surface area contributed by atoms with Crippen LogP contribution in [0.3, 0.4) is 0 Å². The Kier molecular flexibility index (Phi) is 51.8. The third kappa shape index (κ3) is 52.2. The van der Waals surface area contributed by atoms with Crippen LogP contribution in [-0.2, 0) is 28.6 Å². The SMILES string of the molecule is CCCCC/C=C\C/C=C\C/C=C\C/C=C\CCCC(=O)OC[C@H](COC(=O)CCCCCCCCCCCCCCCCCCC)OC(=O)CCCCCCCCCCCCCCC. The van der Waals surface area contributed by atoms with Gasteiger partial charge in [-0.1, -0.05) is 262 Å². The highest BCUT2D eigenvalue weighted by atomic mass is 16.6. The first-order chi connectivity index (χ1) is 32.0. The molecule has 0 rings (SSSR count). The second-order valence-electron chi connectivity index (χ2n) is 18.9. The largest absolute Gasteiger partial charge is 0.462 e. The molecule has 0 aliphatic carbocycles. The number of carbonyl (C=O) groups excluding carboxylic acids is 3. The number of ether oxygens (including phenoxy) is 3. The molecule has 0 aromatic heterocycles. The molecule has 0 fully saturated rings. The molecule has 6 nitrogen and oxygen atoms in total. The monoisotopic (exact) mass is 911 g/mol. The molecule has 0 aromatic rings. The van der Waals surface area contributed by atoms with Crippen molar-refractivity contribution in [2.75, 3.05) is 13.2 Å². The normalized spacial score (nSPS) is 12.4. The van der Waals surface area contributed by atoms with Crippen molar-refractivity contribution in [3.8, 4) is 0 Å². The number of hydrogen-bond acceptors (Lipinski definition) is 6. The number of hydrogen-bond donors (Lipinski definition) is 0. The summed E-state index contributed by atoms with van der Waals surface area (Å²) in [5, 5.41) is 0. The quantitative estimate of drug-likeness (QED) is 0.0262. The maximum absolute atomic E-state index is 12.8. The van der Waals surface area contributed by atoms with E-state index in [1.54, 1.807) is 0 Å². The first kappa shape index (κ1) is 62.4. The van der Waals surface area contributed by atoms with Gasteiger partial charge in [-0.05, 0) is 57.8 Å². The van der Waals surface area contributed by atoms with Crippen LogP contribution < -0.4 is 0 Å². The van der Waals surface area contributed by atoms with Crippen molar-refractivity contribution < 1.29 is 28.6 Å². The molecule has 0 spiro atoms. The van der Waals surface area contributed by atoms with Crippen LogP contribution in [0.1, 0.15) is 290 Å². The van der Waals surface area contributed by atoms with Crippen molar-refractivity contribution in [2.24, 2.45) is 0 Å². The molecule has 0 aliphatic rings. The summed E-state index contributed by atoms with van der Waals surface area (Å²) in [7, 11) is 0. The molecule has 6 heteroatoms. The van der Waals surface area contributed by atoms with Crippen molar-refractivity contribution in [3.05, 3.63) is 48.6 Å². The predicted molar refractivity (Wildman–Crippen MR) is 279 cm³/mol. The summed E-state index contributed by atoms with van der Waals surface area (Å²) in [4.78, 5) is 38.1. The second-order valence-corrected chi connectivity index (χ2v) is 18.9. The molecule has 0 amide bonds. The summed E-state index contributed by atoms with van der Waals surface area (Å²) >= 11 is 0. The van der Waals surface area contributed by atoms with Gasteiger partial charge in [0.15, 0.2) is 6.10 Å². The van der Waals surface area contributed by atoms with Crippen molar-refractivity contribution in [1.82, 2.24) is 0 Å². The molecular weight excluding hydrogens is 805 g/mol. The van der Waals surface area contributed by atoms with Crippen molar-refractivity contribution in [3.63, 3.8) is 0 Å². The fourth-order valence-electron chi connectivity index (χ4n) is 8.08. The Morgan fingerprint density at radius 1 is 0.308 bits per heavy atom. The Morgan fingerprint density at radius 2 is 0.569 bits per heavy atom. The Balaban J connectivity index is 4.40. The van der Waals surface area contributed by atoms with Gasteiger partial charge in [-0.3, -0.25) is 14.4 Å². The van der Waals surface area contributed by atoms with E-state index in [1.165, 1.54) is 180 Å². The Labute approximate surface area is 403 Å². The van der Waals surface area contributed by atoms with Crippen LogP contribution in [0.25, 0.3) is 0 Å². The highest BCUT2D eigenvalue weighted by molar-refractivity contribution is 5.71. The number of allylic oxidation sites excluding steroid dienone is 8. The summed E-state index contributed by atoms with van der Waals surface area (Å²) in [6, 6.07) is 0. The molecule has 0 unspecified atom stereocenters. The van der Waals surface area contributed by atoms with E-state index in [9.17, 15) is 14.4 Å². The van der Waals surface area contributed by atoms with Crippen LogP contribution in [0.15, 0.2) is 48.6 Å². The van der Waals surface area contributed by atoms with E-state index < -0.39 is 6.10 Å². The van der Waals surface area contributed by atoms with Gasteiger partial charge in [-0.15, -0.1) is 0 Å². The van der Waals surface area contributed by atoms with Crippen LogP contribution in [0, 0.1) is 0 Å². The fourth-order valence-corrected chi connectivity index (χ4v) is 8.08. The molecular formula is C59H106O6. The highest BCUT2D eigenvalue weighted by Gasteiger charge is 2.19. The Morgan fingerprint density at radius 3 is 0.923 bits per heavy atom. The van der Waals surface area contributed by atoms with Crippen LogP contribution in [-0.4, -0.2) is 37.2 Å². The van der Waals surface area contributed by atoms with E-state index in [0.717, 1.165) is 64.2 Å². The van der Waals surface area contributed by atoms with Crippen LogP contribution in [0.2, 0.25) is 0 Å². The fraction of sp³-hybridized carbons (Fsp3) is 0.814. The third-order valence-electron chi connectivity index (χ3n) is 12.3. The standard InChI is InChI=1S/C59H106O6/c1-4-7-10-13-16-19-22-25-27-29-31-34-36-39-42-45-48-51-57(60)63-54-56(65-59(62)53-50-47-44-41-38-33-24-21-18-15-12-9-6-3)55-64-58(61)52-49-46-43-40-37-35-32-30-28-26-23-20-17-14-11-8-5-2/h16,19,25,27,31,34,39,42,56H,4-15,17-18,20-24,26,28-30,32-33,35-38,40-41,43-55H2,1-3H3/b19-16-,27-25-,34-31-,42-39-/t56-/m1/s1. The topological polar surface area (TPSA) is 78.9 Å². The van der Waals surface area contributed by atoms with E-state index in [1.807, 2.05) is 0 Å². The average molecular weight is 911 g/mol. The smallest absolute Gasteiger partial charge is 0.306 e. The lowest BCUT2D eigenvalue weighted by Gasteiger charge is -2.18. The molecule has 0 aromatic carbocycles. The molecule has 0 aliphatic heterocycles. The maximum Gasteiger partial charge on any atom is 0.306 e. The third-order valence-corrected chi connectivity index (χ3v) is 12.3. The molecule has 378 valence electrons. The van der Waals surface area contributed by atoms with E-state index in [2.05, 4.69) is 69.4 Å². The number of unbranched alkanes of at least 4 members (excludes halogenated alkanes) is 32. The first-order valence-corrected chi connectivity index (χ1v) is 28.1. The van der Waals surface area contributed by atoms with Crippen molar-refractivity contribution in [2.45, 2.75) is 297 Å². The minimum atomic E-state index is -0.790. The molecule has 0 heterocycles. The number of esters is 3. The molecule has 0 saturated heterocycles. The summed E-state index contributed by atoms with van der Waals surface area (Å²) < 4.78 is 16.8. The van der Waals surface area contributed by atoms with E-state index in [0.29, 0.717) is 19.3 Å². The lowest BCUT2D eigenvalue weighted by molar-refractivity contribution is -0.167. The summed E-state index contributed by atoms with van der Waals surface area (Å²) in [5.41, 5.74) is 0. The summed E-state index contributed by atoms with van der Waals surface area (Å²) in [6.07, 6.45) is 65.3. The zero-order valence-corrected chi connectivity index (χ0v) is 43.3. The van der Waals surface area contributed by atoms with Gasteiger partial charge in [-0.2, -0.15) is 0 Å². The molecule has 0 N–H and O–H groups in total. The summed E-state index contributed by atoms with van der Waals surface area (Å²) in [5.74, 6) is -0.930. The molecule has 0 radical (unpaired) electrons. The van der Waals surface area contributed by atoms with Gasteiger partial charge >= 0.3 is 17.9 Å². The lowest BCUT2D eigenvalue weighted by atomic mass is 10.0. The Hall–Kier alpha value is -2.63. The van der Waals surface area contributed by atoms with E-state index >= 15 is 0 Å².